The van der Waals surface area contributed by atoms with Gasteiger partial charge in [-0.25, -0.2) is 0 Å². The Hall–Kier alpha value is -1.07. The van der Waals surface area contributed by atoms with E-state index < -0.39 is 0 Å². The van der Waals surface area contributed by atoms with E-state index in [1.54, 1.807) is 7.11 Å². The van der Waals surface area contributed by atoms with Gasteiger partial charge in [0.1, 0.15) is 11.9 Å². The highest BCUT2D eigenvalue weighted by molar-refractivity contribution is 7.16. The van der Waals surface area contributed by atoms with Crippen LogP contribution in [0.25, 0.3) is 0 Å². The molecule has 102 valence electrons. The minimum Gasteiger partial charge on any atom is -0.484 e. The van der Waals surface area contributed by atoms with Crippen LogP contribution in [0.5, 0.6) is 5.75 Å². The molecular weight excluding hydrogens is 282 g/mol. The first-order valence-corrected chi connectivity index (χ1v) is 7.12. The second-order valence-corrected chi connectivity index (χ2v) is 5.81. The topological polar surface area (TPSA) is 44.5 Å². The van der Waals surface area contributed by atoms with Crippen LogP contribution in [-0.2, 0) is 11.3 Å². The van der Waals surface area contributed by atoms with Gasteiger partial charge in [0, 0.05) is 18.5 Å². The number of rotatable bonds is 6. The Morgan fingerprint density at radius 2 is 2.16 bits per heavy atom. The van der Waals surface area contributed by atoms with E-state index in [2.05, 4.69) is 0 Å². The van der Waals surface area contributed by atoms with Crippen LogP contribution in [0.2, 0.25) is 4.34 Å². The van der Waals surface area contributed by atoms with Gasteiger partial charge in [-0.15, -0.1) is 11.3 Å². The Morgan fingerprint density at radius 3 is 2.79 bits per heavy atom. The Balaban J connectivity index is 2.11. The second kappa shape index (κ2) is 6.91. The van der Waals surface area contributed by atoms with Crippen molar-refractivity contribution in [1.29, 1.82) is 0 Å². The summed E-state index contributed by atoms with van der Waals surface area (Å²) in [5, 5.41) is 0. The minimum absolute atomic E-state index is 0.171. The molecule has 0 bridgehead atoms. The number of hydrogen-bond acceptors (Lipinski definition) is 4. The van der Waals surface area contributed by atoms with Crippen molar-refractivity contribution >= 4 is 22.9 Å². The first kappa shape index (κ1) is 14.3. The predicted octanol–water partition coefficient (Wildman–Crippen LogP) is 3.63. The molecule has 0 spiro atoms. The van der Waals surface area contributed by atoms with Crippen molar-refractivity contribution in [1.82, 2.24) is 0 Å². The Morgan fingerprint density at radius 1 is 1.32 bits per heavy atom. The molecule has 1 aromatic carbocycles. The summed E-state index contributed by atoms with van der Waals surface area (Å²) in [7, 11) is 1.67. The molecule has 1 aromatic heterocycles. The fourth-order valence-electron chi connectivity index (χ4n) is 1.76. The zero-order chi connectivity index (χ0) is 13.7. The molecule has 3 nitrogen and oxygen atoms in total. The van der Waals surface area contributed by atoms with Crippen LogP contribution in [0.3, 0.4) is 0 Å². The summed E-state index contributed by atoms with van der Waals surface area (Å²) >= 11 is 7.43. The fraction of sp³-hybridized carbons (Fsp3) is 0.286. The molecule has 1 unspecified atom stereocenters. The molecular formula is C14H16ClNO2S. The van der Waals surface area contributed by atoms with E-state index in [-0.39, 0.29) is 6.10 Å². The third-order valence-electron chi connectivity index (χ3n) is 2.61. The number of halogens is 1. The monoisotopic (exact) mass is 297 g/mol. The number of thiophene rings is 1. The van der Waals surface area contributed by atoms with Crippen LogP contribution in [-0.4, -0.2) is 13.7 Å². The second-order valence-electron chi connectivity index (χ2n) is 4.06. The Labute approximate surface area is 121 Å². The van der Waals surface area contributed by atoms with E-state index in [0.717, 1.165) is 20.5 Å². The van der Waals surface area contributed by atoms with Crippen molar-refractivity contribution in [2.24, 2.45) is 5.73 Å². The molecule has 0 amide bonds. The minimum atomic E-state index is -0.171. The molecule has 0 radical (unpaired) electrons. The zero-order valence-electron chi connectivity index (χ0n) is 10.6. The molecule has 0 aliphatic rings. The van der Waals surface area contributed by atoms with Crippen molar-refractivity contribution in [3.8, 4) is 5.75 Å². The van der Waals surface area contributed by atoms with Gasteiger partial charge in [0.2, 0.25) is 0 Å². The van der Waals surface area contributed by atoms with Crippen molar-refractivity contribution in [3.63, 3.8) is 0 Å². The van der Waals surface area contributed by atoms with Gasteiger partial charge in [-0.05, 0) is 29.8 Å². The SMILES string of the molecule is COCc1cccc(OC(CN)c2ccc(Cl)s2)c1. The standard InChI is InChI=1S/C14H16ClNO2S/c1-17-9-10-3-2-4-11(7-10)18-12(8-16)13-5-6-14(15)19-13/h2-7,12H,8-9,16H2,1H3. The molecule has 5 heteroatoms. The van der Waals surface area contributed by atoms with Gasteiger partial charge in [-0.2, -0.15) is 0 Å². The van der Waals surface area contributed by atoms with Gasteiger partial charge in [-0.1, -0.05) is 23.7 Å². The maximum absolute atomic E-state index is 5.94. The van der Waals surface area contributed by atoms with E-state index in [4.69, 9.17) is 26.8 Å². The molecule has 2 N–H and O–H groups in total. The largest absolute Gasteiger partial charge is 0.484 e. The van der Waals surface area contributed by atoms with E-state index >= 15 is 0 Å². The third kappa shape index (κ3) is 3.94. The lowest BCUT2D eigenvalue weighted by Gasteiger charge is -2.16. The van der Waals surface area contributed by atoms with Crippen molar-refractivity contribution in [2.75, 3.05) is 13.7 Å². The van der Waals surface area contributed by atoms with Crippen LogP contribution in [0.1, 0.15) is 16.5 Å². The average molecular weight is 298 g/mol. The highest BCUT2D eigenvalue weighted by Crippen LogP contribution is 2.30. The maximum Gasteiger partial charge on any atom is 0.145 e. The smallest absolute Gasteiger partial charge is 0.145 e. The van der Waals surface area contributed by atoms with Gasteiger partial charge < -0.3 is 15.2 Å². The summed E-state index contributed by atoms with van der Waals surface area (Å²) in [6.07, 6.45) is -0.171. The van der Waals surface area contributed by atoms with Gasteiger partial charge in [0.05, 0.1) is 10.9 Å². The number of hydrogen-bond donors (Lipinski definition) is 1. The first-order chi connectivity index (χ1) is 9.22. The molecule has 2 aromatic rings. The van der Waals surface area contributed by atoms with Gasteiger partial charge in [0.25, 0.3) is 0 Å². The molecule has 0 saturated heterocycles. The molecule has 0 saturated carbocycles. The number of benzene rings is 1. The lowest BCUT2D eigenvalue weighted by molar-refractivity contribution is 0.183. The van der Waals surface area contributed by atoms with Crippen LogP contribution < -0.4 is 10.5 Å². The maximum atomic E-state index is 5.94. The van der Waals surface area contributed by atoms with E-state index in [0.29, 0.717) is 13.2 Å². The van der Waals surface area contributed by atoms with Gasteiger partial charge in [-0.3, -0.25) is 0 Å². The molecule has 0 aliphatic heterocycles. The highest BCUT2D eigenvalue weighted by Gasteiger charge is 2.14. The lowest BCUT2D eigenvalue weighted by atomic mass is 10.2. The Bertz CT molecular complexity index is 530. The highest BCUT2D eigenvalue weighted by atomic mass is 35.5. The van der Waals surface area contributed by atoms with Crippen LogP contribution >= 0.6 is 22.9 Å². The average Bonchev–Trinajstić information content (AvgIpc) is 2.83. The fourth-order valence-corrected chi connectivity index (χ4v) is 2.87. The Kier molecular flexibility index (Phi) is 5.22. The van der Waals surface area contributed by atoms with Crippen LogP contribution in [0.4, 0.5) is 0 Å². The number of ether oxygens (including phenoxy) is 2. The number of methoxy groups -OCH3 is 1. The number of nitrogens with two attached hydrogens (primary N) is 1. The quantitative estimate of drug-likeness (QED) is 0.885. The van der Waals surface area contributed by atoms with Crippen LogP contribution in [0.15, 0.2) is 36.4 Å². The summed E-state index contributed by atoms with van der Waals surface area (Å²) in [5.41, 5.74) is 6.84. The molecule has 0 fully saturated rings. The molecule has 1 atom stereocenters. The van der Waals surface area contributed by atoms with Gasteiger partial charge in [0.15, 0.2) is 0 Å². The van der Waals surface area contributed by atoms with E-state index in [9.17, 15) is 0 Å². The summed E-state index contributed by atoms with van der Waals surface area (Å²) in [6, 6.07) is 11.6. The predicted molar refractivity (Wildman–Crippen MR) is 78.9 cm³/mol. The lowest BCUT2D eigenvalue weighted by Crippen LogP contribution is -2.17. The zero-order valence-corrected chi connectivity index (χ0v) is 12.2. The normalized spacial score (nSPS) is 12.4. The molecule has 2 rings (SSSR count). The molecule has 0 aliphatic carbocycles. The van der Waals surface area contributed by atoms with Crippen molar-refractivity contribution in [3.05, 3.63) is 51.2 Å². The van der Waals surface area contributed by atoms with Crippen molar-refractivity contribution in [2.45, 2.75) is 12.7 Å². The molecule has 19 heavy (non-hydrogen) atoms. The third-order valence-corrected chi connectivity index (χ3v) is 3.94. The summed E-state index contributed by atoms with van der Waals surface area (Å²) in [6.45, 7) is 0.973. The van der Waals surface area contributed by atoms with Crippen LogP contribution in [0, 0.1) is 0 Å². The van der Waals surface area contributed by atoms with Gasteiger partial charge >= 0.3 is 0 Å². The molecule has 1 heterocycles. The summed E-state index contributed by atoms with van der Waals surface area (Å²) in [5.74, 6) is 0.787. The summed E-state index contributed by atoms with van der Waals surface area (Å²) < 4.78 is 11.8. The van der Waals surface area contributed by atoms with E-state index in [1.807, 2.05) is 36.4 Å². The first-order valence-electron chi connectivity index (χ1n) is 5.92. The van der Waals surface area contributed by atoms with E-state index in [1.165, 1.54) is 11.3 Å². The summed E-state index contributed by atoms with van der Waals surface area (Å²) in [4.78, 5) is 1.03. The van der Waals surface area contributed by atoms with Crippen molar-refractivity contribution < 1.29 is 9.47 Å².